The van der Waals surface area contributed by atoms with Crippen LogP contribution in [0.5, 0.6) is 0 Å². The molecule has 0 fully saturated rings. The van der Waals surface area contributed by atoms with Gasteiger partial charge in [0.05, 0.1) is 5.39 Å². The molecule has 0 aliphatic carbocycles. The number of hydrogen-bond acceptors (Lipinski definition) is 3. The highest BCUT2D eigenvalue weighted by molar-refractivity contribution is 6.30. The van der Waals surface area contributed by atoms with E-state index < -0.39 is 0 Å². The highest BCUT2D eigenvalue weighted by Crippen LogP contribution is 2.36. The molecule has 0 bridgehead atoms. The molecule has 0 unspecified atom stereocenters. The number of fused-ring (bicyclic) bond motifs is 1. The number of hydrogen-bond donors (Lipinski definition) is 1. The van der Waals surface area contributed by atoms with Gasteiger partial charge in [-0.1, -0.05) is 49.7 Å². The van der Waals surface area contributed by atoms with E-state index >= 15 is 0 Å². The molecule has 0 saturated carbocycles. The molecular weight excluding hydrogens is 284 g/mol. The van der Waals surface area contributed by atoms with Crippen LogP contribution in [0.1, 0.15) is 26.3 Å². The lowest BCUT2D eigenvalue weighted by Gasteiger charge is -2.23. The van der Waals surface area contributed by atoms with Crippen molar-refractivity contribution in [2.24, 2.45) is 0 Å². The second kappa shape index (κ2) is 4.78. The van der Waals surface area contributed by atoms with E-state index in [-0.39, 0.29) is 5.41 Å². The van der Waals surface area contributed by atoms with Gasteiger partial charge < -0.3 is 10.3 Å². The molecule has 0 aliphatic heterocycles. The summed E-state index contributed by atoms with van der Waals surface area (Å²) in [6.07, 6.45) is 0. The molecule has 1 aromatic heterocycles. The Bertz CT molecular complexity index is 815. The van der Waals surface area contributed by atoms with Crippen LogP contribution in [0.2, 0.25) is 5.02 Å². The molecule has 0 aliphatic rings. The maximum Gasteiger partial charge on any atom is 0.174 e. The number of benzene rings is 2. The summed E-state index contributed by atoms with van der Waals surface area (Å²) in [6, 6.07) is 11.9. The number of rotatable bonds is 1. The van der Waals surface area contributed by atoms with Gasteiger partial charge in [-0.15, -0.1) is 0 Å². The van der Waals surface area contributed by atoms with Gasteiger partial charge in [0, 0.05) is 5.02 Å². The average Bonchev–Trinajstić information content (AvgIpc) is 2.78. The van der Waals surface area contributed by atoms with Gasteiger partial charge in [0.2, 0.25) is 0 Å². The third-order valence-corrected chi connectivity index (χ3v) is 3.83. The summed E-state index contributed by atoms with van der Waals surface area (Å²) in [6.45, 7) is 6.56. The topological polar surface area (TPSA) is 52.0 Å². The maximum atomic E-state index is 6.19. The van der Waals surface area contributed by atoms with Crippen LogP contribution < -0.4 is 5.73 Å². The minimum absolute atomic E-state index is 0.0229. The highest BCUT2D eigenvalue weighted by Gasteiger charge is 2.19. The van der Waals surface area contributed by atoms with Crippen molar-refractivity contribution >= 4 is 28.4 Å². The summed E-state index contributed by atoms with van der Waals surface area (Å²) in [4.78, 5) is 0. The quantitative estimate of drug-likeness (QED) is 0.686. The third-order valence-electron chi connectivity index (χ3n) is 3.60. The van der Waals surface area contributed by atoms with E-state index in [0.717, 1.165) is 21.5 Å². The predicted molar refractivity (Wildman–Crippen MR) is 87.6 cm³/mol. The van der Waals surface area contributed by atoms with E-state index in [1.807, 2.05) is 30.3 Å². The fourth-order valence-corrected chi connectivity index (χ4v) is 2.71. The molecule has 108 valence electrons. The summed E-state index contributed by atoms with van der Waals surface area (Å²) in [7, 11) is 0. The zero-order chi connectivity index (χ0) is 15.2. The molecule has 0 amide bonds. The van der Waals surface area contributed by atoms with Crippen LogP contribution in [0.3, 0.4) is 0 Å². The first kappa shape index (κ1) is 14.0. The van der Waals surface area contributed by atoms with Crippen molar-refractivity contribution in [2.75, 3.05) is 5.73 Å². The van der Waals surface area contributed by atoms with Gasteiger partial charge in [-0.2, -0.15) is 0 Å². The standard InChI is InChI=1S/C17H17ClN2O/c1-17(2,3)14-6-5-11(18)9-12(14)10-4-7-15-13(8-10)16(19)20-21-15/h4-9H,1-3H3,(H2,19,20). The number of anilines is 1. The van der Waals surface area contributed by atoms with Crippen molar-refractivity contribution in [1.29, 1.82) is 0 Å². The van der Waals surface area contributed by atoms with Crippen LogP contribution in [0.25, 0.3) is 22.1 Å². The van der Waals surface area contributed by atoms with Crippen LogP contribution in [-0.2, 0) is 5.41 Å². The van der Waals surface area contributed by atoms with Crippen molar-refractivity contribution in [2.45, 2.75) is 26.2 Å². The van der Waals surface area contributed by atoms with E-state index in [1.165, 1.54) is 5.56 Å². The van der Waals surface area contributed by atoms with Crippen LogP contribution in [0.15, 0.2) is 40.9 Å². The Morgan fingerprint density at radius 3 is 2.57 bits per heavy atom. The Morgan fingerprint density at radius 1 is 1.10 bits per heavy atom. The Kier molecular flexibility index (Phi) is 3.18. The molecular formula is C17H17ClN2O. The number of nitrogens with two attached hydrogens (primary N) is 1. The van der Waals surface area contributed by atoms with Gasteiger partial charge in [-0.3, -0.25) is 0 Å². The molecule has 4 heteroatoms. The molecule has 0 spiro atoms. The molecule has 2 N–H and O–H groups in total. The predicted octanol–water partition coefficient (Wildman–Crippen LogP) is 5.03. The van der Waals surface area contributed by atoms with Gasteiger partial charge >= 0.3 is 0 Å². The van der Waals surface area contributed by atoms with Crippen molar-refractivity contribution in [1.82, 2.24) is 5.16 Å². The molecule has 0 atom stereocenters. The number of nitrogens with zero attached hydrogens (tertiary/aromatic N) is 1. The summed E-state index contributed by atoms with van der Waals surface area (Å²) < 4.78 is 5.16. The second-order valence-electron chi connectivity index (χ2n) is 6.22. The lowest BCUT2D eigenvalue weighted by atomic mass is 9.82. The Hall–Kier alpha value is -2.00. The summed E-state index contributed by atoms with van der Waals surface area (Å²) in [5.41, 5.74) is 9.97. The van der Waals surface area contributed by atoms with E-state index in [1.54, 1.807) is 0 Å². The van der Waals surface area contributed by atoms with Gasteiger partial charge in [0.15, 0.2) is 11.4 Å². The SMILES string of the molecule is CC(C)(C)c1ccc(Cl)cc1-c1ccc2onc(N)c2c1. The molecule has 2 aromatic carbocycles. The first-order chi connectivity index (χ1) is 9.86. The first-order valence-corrected chi connectivity index (χ1v) is 7.19. The van der Waals surface area contributed by atoms with Gasteiger partial charge in [0.1, 0.15) is 0 Å². The minimum Gasteiger partial charge on any atom is -0.380 e. The molecule has 21 heavy (non-hydrogen) atoms. The van der Waals surface area contributed by atoms with Gasteiger partial charge in [-0.25, -0.2) is 0 Å². The molecule has 3 aromatic rings. The zero-order valence-corrected chi connectivity index (χ0v) is 13.0. The smallest absolute Gasteiger partial charge is 0.174 e. The van der Waals surface area contributed by atoms with E-state index in [4.69, 9.17) is 21.9 Å². The van der Waals surface area contributed by atoms with Crippen molar-refractivity contribution in [3.05, 3.63) is 47.0 Å². The Morgan fingerprint density at radius 2 is 1.86 bits per heavy atom. The lowest BCUT2D eigenvalue weighted by Crippen LogP contribution is -2.12. The maximum absolute atomic E-state index is 6.19. The number of nitrogen functional groups attached to an aromatic ring is 1. The number of halogens is 1. The monoisotopic (exact) mass is 300 g/mol. The highest BCUT2D eigenvalue weighted by atomic mass is 35.5. The van der Waals surface area contributed by atoms with Crippen molar-refractivity contribution in [3.63, 3.8) is 0 Å². The zero-order valence-electron chi connectivity index (χ0n) is 12.3. The van der Waals surface area contributed by atoms with Gasteiger partial charge in [0.25, 0.3) is 0 Å². The van der Waals surface area contributed by atoms with Crippen LogP contribution >= 0.6 is 11.6 Å². The molecule has 0 radical (unpaired) electrons. The van der Waals surface area contributed by atoms with Crippen molar-refractivity contribution < 1.29 is 4.52 Å². The Balaban J connectivity index is 2.26. The van der Waals surface area contributed by atoms with Crippen LogP contribution in [-0.4, -0.2) is 5.16 Å². The molecule has 3 rings (SSSR count). The van der Waals surface area contributed by atoms with Crippen LogP contribution in [0.4, 0.5) is 5.82 Å². The normalized spacial score (nSPS) is 12.0. The largest absolute Gasteiger partial charge is 0.380 e. The molecule has 1 heterocycles. The average molecular weight is 301 g/mol. The van der Waals surface area contributed by atoms with E-state index in [0.29, 0.717) is 11.4 Å². The van der Waals surface area contributed by atoms with Gasteiger partial charge in [-0.05, 0) is 46.4 Å². The van der Waals surface area contributed by atoms with E-state index in [9.17, 15) is 0 Å². The summed E-state index contributed by atoms with van der Waals surface area (Å²) >= 11 is 6.19. The second-order valence-corrected chi connectivity index (χ2v) is 6.66. The molecule has 3 nitrogen and oxygen atoms in total. The summed E-state index contributed by atoms with van der Waals surface area (Å²) in [5.74, 6) is 0.409. The lowest BCUT2D eigenvalue weighted by molar-refractivity contribution is 0.460. The Labute approximate surface area is 128 Å². The fourth-order valence-electron chi connectivity index (χ4n) is 2.53. The first-order valence-electron chi connectivity index (χ1n) is 6.81. The van der Waals surface area contributed by atoms with Crippen LogP contribution in [0, 0.1) is 0 Å². The fraction of sp³-hybridized carbons (Fsp3) is 0.235. The van der Waals surface area contributed by atoms with Crippen molar-refractivity contribution in [3.8, 4) is 11.1 Å². The minimum atomic E-state index is 0.0229. The third kappa shape index (κ3) is 2.49. The summed E-state index contributed by atoms with van der Waals surface area (Å²) in [5, 5.41) is 5.34. The molecule has 0 saturated heterocycles. The van der Waals surface area contributed by atoms with E-state index in [2.05, 4.69) is 32.0 Å². The number of aromatic nitrogens is 1.